The zero-order valence-corrected chi connectivity index (χ0v) is 38.3. The van der Waals surface area contributed by atoms with Crippen LogP contribution in [0.25, 0.3) is 20.2 Å². The lowest BCUT2D eigenvalue weighted by molar-refractivity contribution is -0.205. The number of phosphoric ester groups is 1. The van der Waals surface area contributed by atoms with Crippen LogP contribution in [-0.4, -0.2) is 42.6 Å². The molecule has 0 saturated heterocycles. The number of fused-ring (bicyclic) bond motifs is 6. The Morgan fingerprint density at radius 2 is 1.15 bits per heavy atom. The summed E-state index contributed by atoms with van der Waals surface area (Å²) in [7, 11) is -4.26. The van der Waals surface area contributed by atoms with Gasteiger partial charge in [-0.25, -0.2) is 4.57 Å². The Morgan fingerprint density at radius 3 is 1.58 bits per heavy atom. The van der Waals surface area contributed by atoms with Crippen LogP contribution >= 0.6 is 53.7 Å². The standard InChI is InChI=1S/C47H43Cl2N2O8PS2/c1-27-22-61-42-36(58-29(3)52)14-34-40(38(27)42)32(16-48)18-50(34)44(53)46-24-47(25-46,26-46)45(54)51-19-33(17-49)41-35(51)15-37(43-39(41)28(2)23-62-43)59-60(55,56-20-30-10-6-4-7-11-30)57-21-31-12-8-5-9-13-31/h4-15,22-23,32-33H,16-21,24-26H2,1-3H3/t32?,33-,46?,47?/m1/s1. The molecule has 0 radical (unpaired) electrons. The van der Waals surface area contributed by atoms with Gasteiger partial charge in [-0.15, -0.1) is 45.9 Å². The second kappa shape index (κ2) is 15.8. The average molecular weight is 930 g/mol. The van der Waals surface area contributed by atoms with Gasteiger partial charge < -0.3 is 19.1 Å². The minimum atomic E-state index is -4.26. The predicted molar refractivity (Wildman–Crippen MR) is 245 cm³/mol. The van der Waals surface area contributed by atoms with Crippen molar-refractivity contribution in [2.45, 2.75) is 65.1 Å². The normalized spacial score (nSPS) is 22.3. The van der Waals surface area contributed by atoms with Gasteiger partial charge in [0.15, 0.2) is 11.5 Å². The van der Waals surface area contributed by atoms with Gasteiger partial charge in [0.25, 0.3) is 0 Å². The highest BCUT2D eigenvalue weighted by Gasteiger charge is 2.76. The largest absolute Gasteiger partial charge is 0.530 e. The van der Waals surface area contributed by atoms with Crippen LogP contribution in [0.1, 0.15) is 71.4 Å². The van der Waals surface area contributed by atoms with Crippen LogP contribution in [0.4, 0.5) is 11.4 Å². The maximum atomic E-state index is 14.9. The fraction of sp³-hybridized carbons (Fsp3) is 0.340. The number of halogens is 2. The lowest BCUT2D eigenvalue weighted by Crippen LogP contribution is -2.73. The van der Waals surface area contributed by atoms with E-state index in [0.29, 0.717) is 55.4 Å². The molecular formula is C47H43Cl2N2O8PS2. The summed E-state index contributed by atoms with van der Waals surface area (Å²) in [5.74, 6) is 0.575. The smallest absolute Gasteiger partial charge is 0.425 e. The zero-order chi connectivity index (χ0) is 43.1. The first-order valence-corrected chi connectivity index (χ1v) is 24.9. The number of anilines is 2. The molecule has 2 aromatic heterocycles. The number of nitrogens with zero attached hydrogens (tertiary/aromatic N) is 2. The van der Waals surface area contributed by atoms with Gasteiger partial charge in [-0.2, -0.15) is 0 Å². The van der Waals surface area contributed by atoms with E-state index < -0.39 is 24.6 Å². The quantitative estimate of drug-likeness (QED) is 0.0487. The first-order chi connectivity index (χ1) is 29.9. The van der Waals surface area contributed by atoms with E-state index in [2.05, 4.69) is 0 Å². The fourth-order valence-corrected chi connectivity index (χ4v) is 14.0. The van der Waals surface area contributed by atoms with Crippen LogP contribution in [0.15, 0.2) is 83.6 Å². The molecule has 62 heavy (non-hydrogen) atoms. The van der Waals surface area contributed by atoms with Gasteiger partial charge in [0, 0.05) is 66.5 Å². The van der Waals surface area contributed by atoms with Crippen LogP contribution in [0.3, 0.4) is 0 Å². The SMILES string of the molecule is CC(=O)Oc1cc2c(c3c(C)csc13)C(CCl)CN2C(=O)C12CC(C(=O)N3C[C@@H](CCl)c4c3cc(OP(=O)(OCc3ccccc3)OCc3ccccc3)c3scc(C)c43)(C1)C2. The minimum absolute atomic E-state index is 0.00670. The molecule has 2 bridgehead atoms. The molecular weight excluding hydrogens is 887 g/mol. The summed E-state index contributed by atoms with van der Waals surface area (Å²) in [6.07, 6.45) is 1.26. The number of alkyl halides is 2. The summed E-state index contributed by atoms with van der Waals surface area (Å²) < 4.78 is 40.4. The number of thiophene rings is 2. The first kappa shape index (κ1) is 41.7. The maximum Gasteiger partial charge on any atom is 0.530 e. The summed E-state index contributed by atoms with van der Waals surface area (Å²) in [6.45, 7) is 6.17. The van der Waals surface area contributed by atoms with E-state index in [9.17, 15) is 18.9 Å². The van der Waals surface area contributed by atoms with Crippen molar-refractivity contribution >= 4 is 103 Å². The number of hydrogen-bond donors (Lipinski definition) is 0. The van der Waals surface area contributed by atoms with Gasteiger partial charge in [-0.05, 0) is 77.3 Å². The summed E-state index contributed by atoms with van der Waals surface area (Å²) >= 11 is 16.2. The molecule has 4 aromatic carbocycles. The summed E-state index contributed by atoms with van der Waals surface area (Å²) in [5.41, 5.74) is 5.56. The van der Waals surface area contributed by atoms with E-state index >= 15 is 0 Å². The van der Waals surface area contributed by atoms with E-state index in [1.54, 1.807) is 11.0 Å². The number of rotatable bonds is 13. The summed E-state index contributed by atoms with van der Waals surface area (Å²) in [5, 5.41) is 5.95. The van der Waals surface area contributed by atoms with Gasteiger partial charge in [0.1, 0.15) is 0 Å². The zero-order valence-electron chi connectivity index (χ0n) is 34.3. The van der Waals surface area contributed by atoms with Crippen molar-refractivity contribution in [3.63, 3.8) is 0 Å². The third-order valence-electron chi connectivity index (χ3n) is 13.0. The number of aryl methyl sites for hydroxylation is 2. The monoisotopic (exact) mass is 928 g/mol. The number of phosphoric acid groups is 1. The minimum Gasteiger partial charge on any atom is -0.425 e. The molecule has 1 unspecified atom stereocenters. The molecule has 0 N–H and O–H groups in total. The van der Waals surface area contributed by atoms with Crippen molar-refractivity contribution in [2.24, 2.45) is 10.8 Å². The molecule has 6 aromatic rings. The molecule has 5 aliphatic rings. The third-order valence-corrected chi connectivity index (χ3v) is 17.2. The van der Waals surface area contributed by atoms with Gasteiger partial charge in [-0.3, -0.25) is 23.4 Å². The molecule has 2 amide bonds. The van der Waals surface area contributed by atoms with Gasteiger partial charge in [0.05, 0.1) is 44.8 Å². The summed E-state index contributed by atoms with van der Waals surface area (Å²) in [6, 6.07) is 22.4. The van der Waals surface area contributed by atoms with Crippen molar-refractivity contribution in [1.29, 1.82) is 0 Å². The number of esters is 1. The second-order valence-corrected chi connectivity index (χ2v) is 21.1. The van der Waals surface area contributed by atoms with Crippen LogP contribution in [0, 0.1) is 24.7 Å². The molecule has 2 atom stereocenters. The summed E-state index contributed by atoms with van der Waals surface area (Å²) in [4.78, 5) is 45.4. The second-order valence-electron chi connectivity index (χ2n) is 17.1. The van der Waals surface area contributed by atoms with E-state index in [1.807, 2.05) is 96.2 Å². The third kappa shape index (κ3) is 6.80. The average Bonchev–Trinajstić information content (AvgIpc) is 4.02. The Kier molecular flexibility index (Phi) is 10.6. The van der Waals surface area contributed by atoms with Crippen molar-refractivity contribution in [2.75, 3.05) is 34.6 Å². The highest BCUT2D eigenvalue weighted by atomic mass is 35.5. The first-order valence-electron chi connectivity index (χ1n) is 20.6. The van der Waals surface area contributed by atoms with Crippen LogP contribution in [0.5, 0.6) is 11.5 Å². The van der Waals surface area contributed by atoms with E-state index in [0.717, 1.165) is 59.2 Å². The Hall–Kier alpha value is -4.26. The number of carbonyl (C=O) groups is 3. The van der Waals surface area contributed by atoms with Crippen molar-refractivity contribution < 1.29 is 37.3 Å². The highest BCUT2D eigenvalue weighted by Crippen LogP contribution is 2.75. The van der Waals surface area contributed by atoms with Crippen LogP contribution in [-0.2, 0) is 41.2 Å². The van der Waals surface area contributed by atoms with Gasteiger partial charge >= 0.3 is 13.8 Å². The molecule has 3 aliphatic carbocycles. The lowest BCUT2D eigenvalue weighted by Gasteiger charge is -2.69. The van der Waals surface area contributed by atoms with Crippen LogP contribution in [0.2, 0.25) is 0 Å². The number of carbonyl (C=O) groups excluding carboxylic acids is 3. The maximum absolute atomic E-state index is 14.9. The number of hydrogen-bond acceptors (Lipinski definition) is 10. The Labute approximate surface area is 377 Å². The van der Waals surface area contributed by atoms with Crippen LogP contribution < -0.4 is 19.1 Å². The molecule has 10 nitrogen and oxygen atoms in total. The van der Waals surface area contributed by atoms with E-state index in [4.69, 9.17) is 41.5 Å². The van der Waals surface area contributed by atoms with Gasteiger partial charge in [-0.1, -0.05) is 60.7 Å². The Bertz CT molecular complexity index is 2780. The van der Waals surface area contributed by atoms with Crippen molar-refractivity contribution in [1.82, 2.24) is 0 Å². The molecule has 11 rings (SSSR count). The molecule has 2 aliphatic heterocycles. The Morgan fingerprint density at radius 1 is 0.710 bits per heavy atom. The van der Waals surface area contributed by atoms with E-state index in [-0.39, 0.29) is 42.7 Å². The van der Waals surface area contributed by atoms with Crippen molar-refractivity contribution in [3.05, 3.63) is 117 Å². The predicted octanol–water partition coefficient (Wildman–Crippen LogP) is 11.8. The molecule has 0 spiro atoms. The molecule has 4 heterocycles. The Balaban J connectivity index is 0.942. The number of amides is 2. The van der Waals surface area contributed by atoms with E-state index in [1.165, 1.54) is 29.6 Å². The highest BCUT2D eigenvalue weighted by molar-refractivity contribution is 7.49. The molecule has 3 fully saturated rings. The number of ether oxygens (including phenoxy) is 1. The molecule has 3 saturated carbocycles. The molecule has 15 heteroatoms. The van der Waals surface area contributed by atoms with Gasteiger partial charge in [0.2, 0.25) is 11.8 Å². The fourth-order valence-electron chi connectivity index (χ4n) is 10.2. The molecule has 320 valence electrons. The topological polar surface area (TPSA) is 112 Å². The lowest BCUT2D eigenvalue weighted by atomic mass is 9.34. The van der Waals surface area contributed by atoms with Crippen molar-refractivity contribution in [3.8, 4) is 11.5 Å². The number of benzene rings is 4.